The lowest BCUT2D eigenvalue weighted by Crippen LogP contribution is -2.36. The first kappa shape index (κ1) is 15.7. The second kappa shape index (κ2) is 4.93. The van der Waals surface area contributed by atoms with Crippen molar-refractivity contribution in [1.82, 2.24) is 0 Å². The molecule has 1 N–H and O–H groups in total. The Kier molecular flexibility index (Phi) is 3.68. The summed E-state index contributed by atoms with van der Waals surface area (Å²) >= 11 is 0. The molecule has 0 saturated heterocycles. The Morgan fingerprint density at radius 2 is 2.00 bits per heavy atom. The summed E-state index contributed by atoms with van der Waals surface area (Å²) in [5.74, 6) is -0.900. The third-order valence-corrected chi connectivity index (χ3v) is 4.12. The molecule has 0 aromatic heterocycles. The number of alkyl halides is 3. The molecule has 0 aliphatic carbocycles. The van der Waals surface area contributed by atoms with Gasteiger partial charge in [0.25, 0.3) is 0 Å². The molecule has 0 spiro atoms. The molecule has 116 valence electrons. The van der Waals surface area contributed by atoms with Crippen LogP contribution in [0, 0.1) is 5.41 Å². The second-order valence-corrected chi connectivity index (χ2v) is 6.20. The van der Waals surface area contributed by atoms with Crippen molar-refractivity contribution in [2.75, 3.05) is 11.9 Å². The van der Waals surface area contributed by atoms with E-state index in [0.29, 0.717) is 18.5 Å². The molecule has 1 unspecified atom stereocenters. The van der Waals surface area contributed by atoms with Gasteiger partial charge in [-0.15, -0.1) is 0 Å². The summed E-state index contributed by atoms with van der Waals surface area (Å²) in [5.41, 5.74) is -0.215. The lowest BCUT2D eigenvalue weighted by Gasteiger charge is -2.29. The topological polar surface area (TPSA) is 40.5 Å². The van der Waals surface area contributed by atoms with Gasteiger partial charge in [0.15, 0.2) is 0 Å². The molecule has 1 aromatic rings. The minimum atomic E-state index is -4.37. The molecule has 0 bridgehead atoms. The number of rotatable bonds is 3. The number of likely N-dealkylation sites (N-methyl/N-ethyl adjacent to an activating group) is 1. The second-order valence-electron chi connectivity index (χ2n) is 6.20. The average molecular weight is 301 g/mol. The maximum atomic E-state index is 12.8. The van der Waals surface area contributed by atoms with E-state index in [4.69, 9.17) is 0 Å². The van der Waals surface area contributed by atoms with Crippen LogP contribution in [0.15, 0.2) is 18.2 Å². The molecule has 1 aromatic carbocycles. The van der Waals surface area contributed by atoms with Crippen molar-refractivity contribution in [3.05, 3.63) is 29.3 Å². The van der Waals surface area contributed by atoms with Crippen LogP contribution in [0.25, 0.3) is 0 Å². The molecular weight excluding hydrogens is 283 g/mol. The summed E-state index contributed by atoms with van der Waals surface area (Å²) in [6.45, 7) is 3.26. The van der Waals surface area contributed by atoms with Gasteiger partial charge in [0.05, 0.1) is 11.0 Å². The van der Waals surface area contributed by atoms with Crippen molar-refractivity contribution in [3.8, 4) is 0 Å². The Bertz CT molecular complexity index is 567. The van der Waals surface area contributed by atoms with Gasteiger partial charge in [0, 0.05) is 18.8 Å². The predicted molar refractivity (Wildman–Crippen MR) is 73.4 cm³/mol. The monoisotopic (exact) mass is 301 g/mol. The Morgan fingerprint density at radius 3 is 2.52 bits per heavy atom. The Labute approximate surface area is 121 Å². The van der Waals surface area contributed by atoms with E-state index in [1.807, 2.05) is 0 Å². The highest BCUT2D eigenvalue weighted by molar-refractivity contribution is 5.74. The number of hydrogen-bond donors (Lipinski definition) is 1. The van der Waals surface area contributed by atoms with Crippen molar-refractivity contribution in [2.24, 2.45) is 5.41 Å². The van der Waals surface area contributed by atoms with Crippen LogP contribution in [0.3, 0.4) is 0 Å². The predicted octanol–water partition coefficient (Wildman–Crippen LogP) is 3.57. The fraction of sp³-hybridized carbons (Fsp3) is 0.533. The van der Waals surface area contributed by atoms with E-state index in [1.165, 1.54) is 6.07 Å². The largest absolute Gasteiger partial charge is 0.481 e. The van der Waals surface area contributed by atoms with Crippen LogP contribution in [-0.4, -0.2) is 24.2 Å². The van der Waals surface area contributed by atoms with E-state index < -0.39 is 23.1 Å². The van der Waals surface area contributed by atoms with Gasteiger partial charge in [-0.1, -0.05) is 6.07 Å². The van der Waals surface area contributed by atoms with Gasteiger partial charge in [-0.2, -0.15) is 13.2 Å². The van der Waals surface area contributed by atoms with Crippen LogP contribution >= 0.6 is 0 Å². The van der Waals surface area contributed by atoms with Gasteiger partial charge < -0.3 is 10.0 Å². The van der Waals surface area contributed by atoms with Gasteiger partial charge >= 0.3 is 12.1 Å². The molecule has 21 heavy (non-hydrogen) atoms. The lowest BCUT2D eigenvalue weighted by molar-refractivity contribution is -0.147. The highest BCUT2D eigenvalue weighted by atomic mass is 19.4. The molecule has 1 atom stereocenters. The molecule has 1 aliphatic heterocycles. The number of carboxylic acids is 1. The Balaban J connectivity index is 2.25. The smallest absolute Gasteiger partial charge is 0.416 e. The standard InChI is InChI=1S/C15H18F3NO2/c1-14(2,13(20)21)8-11-6-9-4-5-10(15(16,17)18)7-12(9)19(11)3/h4-5,7,11H,6,8H2,1-3H3,(H,20,21). The summed E-state index contributed by atoms with van der Waals surface area (Å²) in [4.78, 5) is 13.0. The van der Waals surface area contributed by atoms with Crippen molar-refractivity contribution >= 4 is 11.7 Å². The number of carbonyl (C=O) groups is 1. The van der Waals surface area contributed by atoms with Crippen molar-refractivity contribution in [1.29, 1.82) is 0 Å². The van der Waals surface area contributed by atoms with Gasteiger partial charge in [0.2, 0.25) is 0 Å². The quantitative estimate of drug-likeness (QED) is 0.928. The summed E-state index contributed by atoms with van der Waals surface area (Å²) < 4.78 is 38.3. The van der Waals surface area contributed by atoms with Crippen LogP contribution in [0.4, 0.5) is 18.9 Å². The maximum absolute atomic E-state index is 12.8. The molecule has 6 heteroatoms. The summed E-state index contributed by atoms with van der Waals surface area (Å²) in [5, 5.41) is 9.19. The number of carboxylic acid groups (broad SMARTS) is 1. The van der Waals surface area contributed by atoms with Gasteiger partial charge in [-0.3, -0.25) is 4.79 Å². The summed E-state index contributed by atoms with van der Waals surface area (Å²) in [6.07, 6.45) is -3.41. The lowest BCUT2D eigenvalue weighted by atomic mass is 9.85. The third-order valence-electron chi connectivity index (χ3n) is 4.12. The summed E-state index contributed by atoms with van der Waals surface area (Å²) in [6, 6.07) is 3.61. The first-order valence-corrected chi connectivity index (χ1v) is 6.69. The van der Waals surface area contributed by atoms with Gasteiger partial charge in [-0.05, 0) is 44.4 Å². The SMILES string of the molecule is CN1c2cc(C(F)(F)F)ccc2CC1CC(C)(C)C(=O)O. The zero-order chi connectivity index (χ0) is 16.0. The van der Waals surface area contributed by atoms with Gasteiger partial charge in [0.1, 0.15) is 0 Å². The van der Waals surface area contributed by atoms with Crippen LogP contribution in [0.5, 0.6) is 0 Å². The minimum Gasteiger partial charge on any atom is -0.481 e. The highest BCUT2D eigenvalue weighted by Gasteiger charge is 2.38. The fourth-order valence-corrected chi connectivity index (χ4v) is 2.71. The van der Waals surface area contributed by atoms with Crippen LogP contribution in [0.1, 0.15) is 31.4 Å². The van der Waals surface area contributed by atoms with Crippen LogP contribution in [-0.2, 0) is 17.4 Å². The zero-order valence-electron chi connectivity index (χ0n) is 12.2. The molecule has 0 fully saturated rings. The first-order chi connectivity index (χ1) is 9.52. The van der Waals surface area contributed by atoms with Crippen molar-refractivity contribution in [3.63, 3.8) is 0 Å². The highest BCUT2D eigenvalue weighted by Crippen LogP contribution is 2.40. The van der Waals surface area contributed by atoms with E-state index in [-0.39, 0.29) is 6.04 Å². The maximum Gasteiger partial charge on any atom is 0.416 e. The van der Waals surface area contributed by atoms with Crippen LogP contribution < -0.4 is 4.90 Å². The van der Waals surface area contributed by atoms with E-state index in [1.54, 1.807) is 25.8 Å². The van der Waals surface area contributed by atoms with E-state index in [2.05, 4.69) is 0 Å². The van der Waals surface area contributed by atoms with E-state index in [0.717, 1.165) is 17.7 Å². The number of benzene rings is 1. The minimum absolute atomic E-state index is 0.102. The zero-order valence-corrected chi connectivity index (χ0v) is 12.2. The Morgan fingerprint density at radius 1 is 1.38 bits per heavy atom. The molecule has 3 nitrogen and oxygen atoms in total. The molecule has 0 saturated carbocycles. The van der Waals surface area contributed by atoms with Crippen molar-refractivity contribution < 1.29 is 23.1 Å². The molecule has 1 heterocycles. The van der Waals surface area contributed by atoms with Crippen molar-refractivity contribution in [2.45, 2.75) is 38.9 Å². The van der Waals surface area contributed by atoms with E-state index in [9.17, 15) is 23.1 Å². The molecule has 0 amide bonds. The number of aliphatic carboxylic acids is 1. The Hall–Kier alpha value is -1.72. The molecular formula is C15H18F3NO2. The number of halogens is 3. The first-order valence-electron chi connectivity index (χ1n) is 6.69. The number of hydrogen-bond acceptors (Lipinski definition) is 2. The van der Waals surface area contributed by atoms with Crippen LogP contribution in [0.2, 0.25) is 0 Å². The molecule has 2 rings (SSSR count). The number of fused-ring (bicyclic) bond motifs is 1. The van der Waals surface area contributed by atoms with Gasteiger partial charge in [-0.25, -0.2) is 0 Å². The normalized spacial score (nSPS) is 18.8. The average Bonchev–Trinajstić information content (AvgIpc) is 2.64. The fourth-order valence-electron chi connectivity index (χ4n) is 2.71. The molecule has 0 radical (unpaired) electrons. The third kappa shape index (κ3) is 2.99. The number of nitrogens with zero attached hydrogens (tertiary/aromatic N) is 1. The summed E-state index contributed by atoms with van der Waals surface area (Å²) in [7, 11) is 1.72. The molecule has 1 aliphatic rings. The van der Waals surface area contributed by atoms with E-state index >= 15 is 0 Å². The number of anilines is 1.